The topological polar surface area (TPSA) is 52.7 Å². The van der Waals surface area contributed by atoms with E-state index in [-0.39, 0.29) is 12.1 Å². The van der Waals surface area contributed by atoms with Gasteiger partial charge in [-0.25, -0.2) is 14.5 Å². The molecule has 0 spiro atoms. The zero-order valence-corrected chi connectivity index (χ0v) is 11.9. The van der Waals surface area contributed by atoms with Gasteiger partial charge in [-0.1, -0.05) is 19.4 Å². The summed E-state index contributed by atoms with van der Waals surface area (Å²) in [6, 6.07) is 3.53. The molecule has 4 amide bonds. The van der Waals surface area contributed by atoms with E-state index in [0.717, 1.165) is 17.7 Å². The first-order chi connectivity index (χ1) is 9.22. The highest BCUT2D eigenvalue weighted by molar-refractivity contribution is 7.09. The highest BCUT2D eigenvalue weighted by Crippen LogP contribution is 2.15. The van der Waals surface area contributed by atoms with E-state index in [0.29, 0.717) is 26.2 Å². The molecule has 1 fully saturated rings. The number of hydrogen-bond acceptors (Lipinski definition) is 3. The van der Waals surface area contributed by atoms with Gasteiger partial charge in [-0.3, -0.25) is 0 Å². The van der Waals surface area contributed by atoms with Gasteiger partial charge in [-0.05, 0) is 17.9 Å². The lowest BCUT2D eigenvalue weighted by Crippen LogP contribution is -2.44. The van der Waals surface area contributed by atoms with Crippen molar-refractivity contribution >= 4 is 23.4 Å². The monoisotopic (exact) mass is 281 g/mol. The number of nitrogens with zero attached hydrogens (tertiary/aromatic N) is 2. The van der Waals surface area contributed by atoms with E-state index in [1.807, 2.05) is 17.5 Å². The van der Waals surface area contributed by atoms with Crippen LogP contribution in [0.5, 0.6) is 0 Å². The molecule has 0 atom stereocenters. The summed E-state index contributed by atoms with van der Waals surface area (Å²) in [6.07, 6.45) is 1.98. The normalized spacial score (nSPS) is 14.6. The van der Waals surface area contributed by atoms with E-state index < -0.39 is 0 Å². The van der Waals surface area contributed by atoms with Crippen molar-refractivity contribution in [1.82, 2.24) is 15.1 Å². The van der Waals surface area contributed by atoms with Gasteiger partial charge in [-0.15, -0.1) is 11.3 Å². The number of carbonyl (C=O) groups is 2. The summed E-state index contributed by atoms with van der Waals surface area (Å²) in [5, 5.41) is 4.66. The smallest absolute Gasteiger partial charge is 0.328 e. The Balaban J connectivity index is 2.03. The van der Waals surface area contributed by atoms with E-state index in [4.69, 9.17) is 0 Å². The van der Waals surface area contributed by atoms with Gasteiger partial charge in [0.15, 0.2) is 0 Å². The molecule has 0 aliphatic carbocycles. The van der Waals surface area contributed by atoms with Gasteiger partial charge in [0.2, 0.25) is 0 Å². The van der Waals surface area contributed by atoms with Crippen LogP contribution >= 0.6 is 11.3 Å². The summed E-state index contributed by atoms with van der Waals surface area (Å²) in [4.78, 5) is 28.2. The van der Waals surface area contributed by atoms with Crippen molar-refractivity contribution in [3.63, 3.8) is 0 Å². The number of rotatable bonds is 5. The van der Waals surface area contributed by atoms with Crippen LogP contribution in [0.3, 0.4) is 0 Å². The molecule has 0 unspecified atom stereocenters. The number of nitrogens with one attached hydrogen (secondary N) is 1. The van der Waals surface area contributed by atoms with Crippen molar-refractivity contribution < 1.29 is 9.59 Å². The fraction of sp³-hybridized carbons (Fsp3) is 0.538. The first kappa shape index (κ1) is 13.9. The molecule has 104 valence electrons. The van der Waals surface area contributed by atoms with Crippen molar-refractivity contribution in [2.75, 3.05) is 19.6 Å². The molecule has 1 aromatic rings. The maximum absolute atomic E-state index is 12.4. The molecule has 1 N–H and O–H groups in total. The third-order valence-corrected chi connectivity index (χ3v) is 3.93. The molecule has 1 aliphatic rings. The van der Waals surface area contributed by atoms with Crippen LogP contribution in [0.4, 0.5) is 9.59 Å². The van der Waals surface area contributed by atoms with Gasteiger partial charge < -0.3 is 10.2 Å². The van der Waals surface area contributed by atoms with E-state index in [1.165, 1.54) is 4.90 Å². The summed E-state index contributed by atoms with van der Waals surface area (Å²) in [5.41, 5.74) is 0. The van der Waals surface area contributed by atoms with Gasteiger partial charge in [0, 0.05) is 24.5 Å². The Morgan fingerprint density at radius 3 is 3.00 bits per heavy atom. The second-order valence-electron chi connectivity index (χ2n) is 4.52. The molecule has 0 bridgehead atoms. The Kier molecular flexibility index (Phi) is 4.79. The van der Waals surface area contributed by atoms with Crippen molar-refractivity contribution in [2.45, 2.75) is 26.3 Å². The summed E-state index contributed by atoms with van der Waals surface area (Å²) in [7, 11) is 0. The minimum atomic E-state index is -0.280. The maximum atomic E-state index is 12.4. The molecule has 2 heterocycles. The average Bonchev–Trinajstić information content (AvgIpc) is 3.05. The Morgan fingerprint density at radius 2 is 2.42 bits per heavy atom. The predicted molar refractivity (Wildman–Crippen MR) is 75.1 cm³/mol. The Labute approximate surface area is 117 Å². The van der Waals surface area contributed by atoms with Crippen LogP contribution in [-0.4, -0.2) is 41.5 Å². The van der Waals surface area contributed by atoms with E-state index >= 15 is 0 Å². The molecule has 5 nitrogen and oxygen atoms in total. The van der Waals surface area contributed by atoms with Crippen molar-refractivity contribution in [2.24, 2.45) is 0 Å². The average molecular weight is 281 g/mol. The predicted octanol–water partition coefficient (Wildman–Crippen LogP) is 2.50. The van der Waals surface area contributed by atoms with Gasteiger partial charge in [-0.2, -0.15) is 0 Å². The first-order valence-corrected chi connectivity index (χ1v) is 7.47. The zero-order chi connectivity index (χ0) is 13.7. The molecule has 19 heavy (non-hydrogen) atoms. The van der Waals surface area contributed by atoms with Crippen LogP contribution in [-0.2, 0) is 6.54 Å². The summed E-state index contributed by atoms with van der Waals surface area (Å²) in [5.74, 6) is 0. The lowest BCUT2D eigenvalue weighted by Gasteiger charge is -2.25. The quantitative estimate of drug-likeness (QED) is 0.901. The Morgan fingerprint density at radius 1 is 1.58 bits per heavy atom. The molecule has 0 radical (unpaired) electrons. The molecule has 1 aliphatic heterocycles. The van der Waals surface area contributed by atoms with Crippen LogP contribution < -0.4 is 5.32 Å². The molecule has 0 saturated carbocycles. The molecular formula is C13H19N3O2S. The second kappa shape index (κ2) is 6.56. The minimum absolute atomic E-state index is 0.183. The highest BCUT2D eigenvalue weighted by atomic mass is 32.1. The molecule has 2 rings (SSSR count). The SMILES string of the molecule is CCCCN(Cc1cccs1)C(=O)N1CCNC1=O. The summed E-state index contributed by atoms with van der Waals surface area (Å²) >= 11 is 1.63. The van der Waals surface area contributed by atoms with Gasteiger partial charge in [0.25, 0.3) is 0 Å². The van der Waals surface area contributed by atoms with E-state index in [2.05, 4.69) is 12.2 Å². The summed E-state index contributed by atoms with van der Waals surface area (Å²) < 4.78 is 0. The molecule has 6 heteroatoms. The fourth-order valence-electron chi connectivity index (χ4n) is 2.01. The number of carbonyl (C=O) groups excluding carboxylic acids is 2. The third-order valence-electron chi connectivity index (χ3n) is 3.07. The second-order valence-corrected chi connectivity index (χ2v) is 5.55. The molecule has 1 aromatic heterocycles. The Hall–Kier alpha value is -1.56. The fourth-order valence-corrected chi connectivity index (χ4v) is 2.73. The molecule has 1 saturated heterocycles. The number of amides is 4. The van der Waals surface area contributed by atoms with Crippen LogP contribution in [0.25, 0.3) is 0 Å². The lowest BCUT2D eigenvalue weighted by molar-refractivity contribution is 0.161. The van der Waals surface area contributed by atoms with E-state index in [9.17, 15) is 9.59 Å². The lowest BCUT2D eigenvalue weighted by atomic mass is 10.3. The number of urea groups is 2. The maximum Gasteiger partial charge on any atom is 0.328 e. The van der Waals surface area contributed by atoms with Crippen molar-refractivity contribution in [3.8, 4) is 0 Å². The summed E-state index contributed by atoms with van der Waals surface area (Å²) in [6.45, 7) is 4.38. The van der Waals surface area contributed by atoms with Crippen LogP contribution in [0.1, 0.15) is 24.6 Å². The zero-order valence-electron chi connectivity index (χ0n) is 11.1. The van der Waals surface area contributed by atoms with Crippen LogP contribution in [0.15, 0.2) is 17.5 Å². The largest absolute Gasteiger partial charge is 0.336 e. The van der Waals surface area contributed by atoms with Crippen LogP contribution in [0.2, 0.25) is 0 Å². The third kappa shape index (κ3) is 3.47. The van der Waals surface area contributed by atoms with Gasteiger partial charge in [0.05, 0.1) is 6.54 Å². The number of imide groups is 1. The van der Waals surface area contributed by atoms with Crippen LogP contribution in [0, 0.1) is 0 Å². The van der Waals surface area contributed by atoms with E-state index in [1.54, 1.807) is 16.2 Å². The van der Waals surface area contributed by atoms with Crippen molar-refractivity contribution in [3.05, 3.63) is 22.4 Å². The highest BCUT2D eigenvalue weighted by Gasteiger charge is 2.29. The Bertz CT molecular complexity index is 433. The van der Waals surface area contributed by atoms with Gasteiger partial charge >= 0.3 is 12.1 Å². The standard InChI is InChI=1S/C13H19N3O2S/c1-2-3-7-15(10-11-5-4-9-19-11)13(18)16-8-6-14-12(16)17/h4-5,9H,2-3,6-8,10H2,1H3,(H,14,17). The molecular weight excluding hydrogens is 262 g/mol. The minimum Gasteiger partial charge on any atom is -0.336 e. The molecule has 0 aromatic carbocycles. The van der Waals surface area contributed by atoms with Gasteiger partial charge in [0.1, 0.15) is 0 Å². The first-order valence-electron chi connectivity index (χ1n) is 6.59. The number of hydrogen-bond donors (Lipinski definition) is 1. The number of unbranched alkanes of at least 4 members (excludes halogenated alkanes) is 1. The van der Waals surface area contributed by atoms with Crippen molar-refractivity contribution in [1.29, 1.82) is 0 Å². The number of thiophene rings is 1.